The molecule has 0 saturated heterocycles. The summed E-state index contributed by atoms with van der Waals surface area (Å²) in [6.07, 6.45) is -4.14. The lowest BCUT2D eigenvalue weighted by molar-refractivity contribution is -0.137. The van der Waals surface area contributed by atoms with Crippen LogP contribution in [0.3, 0.4) is 0 Å². The number of hydrogen-bond acceptors (Lipinski definition) is 2. The zero-order chi connectivity index (χ0) is 17.1. The summed E-state index contributed by atoms with van der Waals surface area (Å²) in [4.78, 5) is 13.3. The Bertz CT molecular complexity index is 535. The van der Waals surface area contributed by atoms with E-state index in [1.165, 1.54) is 11.9 Å². The largest absolute Gasteiger partial charge is 0.416 e. The number of rotatable bonds is 5. The van der Waals surface area contributed by atoms with E-state index in [9.17, 15) is 22.4 Å². The fraction of sp³-hybridized carbons (Fsp3) is 0.533. The standard InChI is InChI=1S/C15H20F4N2O.ClH/c1-9(2)13(20)6-7-21(3)14(22)11-8-10(15(17,18)19)4-5-12(11)16;/h4-5,8-9,13H,6-7,20H2,1-3H3;1H. The first kappa shape index (κ1) is 21.7. The Kier molecular flexibility index (Phi) is 8.00. The van der Waals surface area contributed by atoms with Gasteiger partial charge in [0.1, 0.15) is 5.82 Å². The second kappa shape index (κ2) is 8.49. The number of halogens is 5. The molecule has 0 aliphatic rings. The molecule has 1 aromatic rings. The van der Waals surface area contributed by atoms with E-state index in [0.717, 1.165) is 0 Å². The quantitative estimate of drug-likeness (QED) is 0.817. The molecule has 1 atom stereocenters. The maximum atomic E-state index is 13.7. The minimum Gasteiger partial charge on any atom is -0.342 e. The topological polar surface area (TPSA) is 46.3 Å². The fourth-order valence-electron chi connectivity index (χ4n) is 1.85. The summed E-state index contributed by atoms with van der Waals surface area (Å²) in [6, 6.07) is 1.67. The van der Waals surface area contributed by atoms with Gasteiger partial charge >= 0.3 is 6.18 Å². The molecule has 0 fully saturated rings. The van der Waals surface area contributed by atoms with Gasteiger partial charge in [0.25, 0.3) is 5.91 Å². The number of carbonyl (C=O) groups excluding carboxylic acids is 1. The summed E-state index contributed by atoms with van der Waals surface area (Å²) in [5, 5.41) is 0. The van der Waals surface area contributed by atoms with E-state index >= 15 is 0 Å². The van der Waals surface area contributed by atoms with E-state index in [4.69, 9.17) is 5.73 Å². The zero-order valence-electron chi connectivity index (χ0n) is 13.2. The molecule has 0 aliphatic heterocycles. The molecule has 132 valence electrons. The maximum Gasteiger partial charge on any atom is 0.416 e. The van der Waals surface area contributed by atoms with Gasteiger partial charge in [-0.15, -0.1) is 12.4 Å². The third-order valence-corrected chi connectivity index (χ3v) is 3.52. The Labute approximate surface area is 139 Å². The number of amides is 1. The molecular weight excluding hydrogens is 336 g/mol. The number of benzene rings is 1. The van der Waals surface area contributed by atoms with Gasteiger partial charge in [-0.3, -0.25) is 4.79 Å². The summed E-state index contributed by atoms with van der Waals surface area (Å²) < 4.78 is 51.6. The van der Waals surface area contributed by atoms with Gasteiger partial charge in [-0.1, -0.05) is 13.8 Å². The van der Waals surface area contributed by atoms with Crippen molar-refractivity contribution in [2.45, 2.75) is 32.5 Å². The maximum absolute atomic E-state index is 13.7. The predicted octanol–water partition coefficient (Wildman–Crippen LogP) is 3.71. The van der Waals surface area contributed by atoms with Crippen molar-refractivity contribution < 1.29 is 22.4 Å². The van der Waals surface area contributed by atoms with E-state index in [1.54, 1.807) is 0 Å². The van der Waals surface area contributed by atoms with Gasteiger partial charge in [0.15, 0.2) is 0 Å². The predicted molar refractivity (Wildman–Crippen MR) is 83.0 cm³/mol. The van der Waals surface area contributed by atoms with Crippen LogP contribution in [0.1, 0.15) is 36.2 Å². The van der Waals surface area contributed by atoms with Crippen molar-refractivity contribution in [2.24, 2.45) is 11.7 Å². The average molecular weight is 357 g/mol. The highest BCUT2D eigenvalue weighted by Crippen LogP contribution is 2.30. The van der Waals surface area contributed by atoms with Crippen molar-refractivity contribution in [3.63, 3.8) is 0 Å². The van der Waals surface area contributed by atoms with Crippen molar-refractivity contribution in [3.8, 4) is 0 Å². The van der Waals surface area contributed by atoms with Crippen LogP contribution in [0, 0.1) is 11.7 Å². The summed E-state index contributed by atoms with van der Waals surface area (Å²) in [6.45, 7) is 4.10. The normalized spacial score (nSPS) is 12.7. The van der Waals surface area contributed by atoms with Gasteiger partial charge in [0.05, 0.1) is 11.1 Å². The van der Waals surface area contributed by atoms with Gasteiger partial charge in [-0.05, 0) is 30.5 Å². The molecule has 0 radical (unpaired) electrons. The first-order valence-electron chi connectivity index (χ1n) is 6.91. The molecule has 1 unspecified atom stereocenters. The Balaban J connectivity index is 0.00000484. The minimum atomic E-state index is -4.62. The third kappa shape index (κ3) is 5.99. The van der Waals surface area contributed by atoms with Gasteiger partial charge < -0.3 is 10.6 Å². The molecular formula is C15H21ClF4N2O. The Morgan fingerprint density at radius 3 is 2.35 bits per heavy atom. The molecule has 2 N–H and O–H groups in total. The van der Waals surface area contributed by atoms with Crippen LogP contribution < -0.4 is 5.73 Å². The molecule has 8 heteroatoms. The van der Waals surface area contributed by atoms with E-state index < -0.39 is 29.0 Å². The van der Waals surface area contributed by atoms with Crippen LogP contribution in [0.15, 0.2) is 18.2 Å². The number of nitrogens with zero attached hydrogens (tertiary/aromatic N) is 1. The number of hydrogen-bond donors (Lipinski definition) is 1. The van der Waals surface area contributed by atoms with Gasteiger partial charge in [0.2, 0.25) is 0 Å². The summed E-state index contributed by atoms with van der Waals surface area (Å²) >= 11 is 0. The monoisotopic (exact) mass is 356 g/mol. The number of carbonyl (C=O) groups is 1. The summed E-state index contributed by atoms with van der Waals surface area (Å²) in [7, 11) is 1.41. The van der Waals surface area contributed by atoms with Crippen LogP contribution >= 0.6 is 12.4 Å². The lowest BCUT2D eigenvalue weighted by Crippen LogP contribution is -2.35. The second-order valence-corrected chi connectivity index (χ2v) is 5.62. The Morgan fingerprint density at radius 1 is 1.30 bits per heavy atom. The Hall–Kier alpha value is -1.34. The molecule has 0 aliphatic carbocycles. The molecule has 0 heterocycles. The highest BCUT2D eigenvalue weighted by Gasteiger charge is 2.32. The van der Waals surface area contributed by atoms with E-state index in [1.807, 2.05) is 13.8 Å². The van der Waals surface area contributed by atoms with E-state index in [0.29, 0.717) is 24.6 Å². The molecule has 23 heavy (non-hydrogen) atoms. The average Bonchev–Trinajstić information content (AvgIpc) is 2.42. The Morgan fingerprint density at radius 2 is 1.87 bits per heavy atom. The molecule has 1 amide bonds. The van der Waals surface area contributed by atoms with Crippen LogP contribution in [0.5, 0.6) is 0 Å². The smallest absolute Gasteiger partial charge is 0.342 e. The van der Waals surface area contributed by atoms with Gasteiger partial charge in [0, 0.05) is 19.6 Å². The van der Waals surface area contributed by atoms with Gasteiger partial charge in [-0.2, -0.15) is 13.2 Å². The first-order chi connectivity index (χ1) is 10.0. The highest BCUT2D eigenvalue weighted by atomic mass is 35.5. The number of alkyl halides is 3. The first-order valence-corrected chi connectivity index (χ1v) is 6.91. The van der Waals surface area contributed by atoms with Crippen LogP contribution in [0.2, 0.25) is 0 Å². The molecule has 0 bridgehead atoms. The van der Waals surface area contributed by atoms with Crippen LogP contribution in [0.4, 0.5) is 17.6 Å². The molecule has 0 saturated carbocycles. The van der Waals surface area contributed by atoms with Crippen LogP contribution in [0.25, 0.3) is 0 Å². The van der Waals surface area contributed by atoms with Crippen molar-refractivity contribution in [1.82, 2.24) is 4.90 Å². The molecule has 3 nitrogen and oxygen atoms in total. The SMILES string of the molecule is CC(C)C(N)CCN(C)C(=O)c1cc(C(F)(F)F)ccc1F.Cl. The number of nitrogens with two attached hydrogens (primary N) is 1. The van der Waals surface area contributed by atoms with E-state index in [2.05, 4.69) is 0 Å². The van der Waals surface area contributed by atoms with Crippen LogP contribution in [-0.4, -0.2) is 30.4 Å². The highest BCUT2D eigenvalue weighted by molar-refractivity contribution is 5.94. The minimum absolute atomic E-state index is 0. The molecule has 0 spiro atoms. The molecule has 0 aromatic heterocycles. The lowest BCUT2D eigenvalue weighted by Gasteiger charge is -2.22. The molecule has 1 aromatic carbocycles. The van der Waals surface area contributed by atoms with Crippen LogP contribution in [-0.2, 0) is 6.18 Å². The van der Waals surface area contributed by atoms with Crippen molar-refractivity contribution in [2.75, 3.05) is 13.6 Å². The third-order valence-electron chi connectivity index (χ3n) is 3.52. The summed E-state index contributed by atoms with van der Waals surface area (Å²) in [5.41, 5.74) is 4.21. The fourth-order valence-corrected chi connectivity index (χ4v) is 1.85. The van der Waals surface area contributed by atoms with Crippen molar-refractivity contribution in [3.05, 3.63) is 35.1 Å². The van der Waals surface area contributed by atoms with Crippen molar-refractivity contribution in [1.29, 1.82) is 0 Å². The zero-order valence-corrected chi connectivity index (χ0v) is 14.0. The van der Waals surface area contributed by atoms with Gasteiger partial charge in [-0.25, -0.2) is 4.39 Å². The molecule has 1 rings (SSSR count). The van der Waals surface area contributed by atoms with Crippen molar-refractivity contribution >= 4 is 18.3 Å². The van der Waals surface area contributed by atoms with E-state index in [-0.39, 0.29) is 30.9 Å². The lowest BCUT2D eigenvalue weighted by atomic mass is 10.0. The summed E-state index contributed by atoms with van der Waals surface area (Å²) in [5.74, 6) is -1.55. The second-order valence-electron chi connectivity index (χ2n) is 5.62.